The molecule has 0 aromatic carbocycles. The van der Waals surface area contributed by atoms with Crippen molar-refractivity contribution in [3.63, 3.8) is 0 Å². The number of nitrogens with one attached hydrogen (secondary N) is 1. The first-order valence-electron chi connectivity index (χ1n) is 5.47. The number of nitrogens with zero attached hydrogens (tertiary/aromatic N) is 2. The van der Waals surface area contributed by atoms with Gasteiger partial charge in [0.25, 0.3) is 0 Å². The number of dihydropyridines is 1. The molecule has 1 N–H and O–H groups in total. The highest BCUT2D eigenvalue weighted by Gasteiger charge is 2.16. The summed E-state index contributed by atoms with van der Waals surface area (Å²) in [6.07, 6.45) is 6.48. The van der Waals surface area contributed by atoms with Crippen LogP contribution in [-0.4, -0.2) is 49.1 Å². The Balaban J connectivity index is 1.88. The molecule has 14 heavy (non-hydrogen) atoms. The van der Waals surface area contributed by atoms with E-state index < -0.39 is 0 Å². The van der Waals surface area contributed by atoms with Crippen molar-refractivity contribution < 1.29 is 0 Å². The molecule has 0 atom stereocenters. The third-order valence-electron chi connectivity index (χ3n) is 2.99. The smallest absolute Gasteiger partial charge is 0.0358 e. The first-order valence-corrected chi connectivity index (χ1v) is 5.47. The van der Waals surface area contributed by atoms with Crippen molar-refractivity contribution in [1.29, 1.82) is 0 Å². The van der Waals surface area contributed by atoms with Gasteiger partial charge in [0.2, 0.25) is 0 Å². The molecule has 78 valence electrons. The van der Waals surface area contributed by atoms with Gasteiger partial charge >= 0.3 is 0 Å². The minimum Gasteiger partial charge on any atom is -0.387 e. The van der Waals surface area contributed by atoms with Gasteiger partial charge in [-0.1, -0.05) is 6.92 Å². The van der Waals surface area contributed by atoms with Crippen LogP contribution in [0.4, 0.5) is 0 Å². The average molecular weight is 193 g/mol. The largest absolute Gasteiger partial charge is 0.387 e. The Bertz CT molecular complexity index is 237. The van der Waals surface area contributed by atoms with E-state index in [0.29, 0.717) is 0 Å². The van der Waals surface area contributed by atoms with E-state index in [1.807, 2.05) is 6.20 Å². The van der Waals surface area contributed by atoms with Gasteiger partial charge in [-0.2, -0.15) is 0 Å². The van der Waals surface area contributed by atoms with Crippen molar-refractivity contribution in [2.75, 3.05) is 39.3 Å². The fourth-order valence-corrected chi connectivity index (χ4v) is 2.00. The normalized spacial score (nSPS) is 23.2. The van der Waals surface area contributed by atoms with E-state index in [0.717, 1.165) is 6.54 Å². The van der Waals surface area contributed by atoms with Crippen molar-refractivity contribution in [3.8, 4) is 0 Å². The van der Waals surface area contributed by atoms with Gasteiger partial charge in [0.1, 0.15) is 0 Å². The molecule has 3 nitrogen and oxygen atoms in total. The zero-order chi connectivity index (χ0) is 9.80. The first-order chi connectivity index (χ1) is 6.90. The zero-order valence-electron chi connectivity index (χ0n) is 8.87. The SMILES string of the molecule is CCN1CCN(C2=CCNC=C2)CC1. The van der Waals surface area contributed by atoms with Gasteiger partial charge < -0.3 is 15.1 Å². The average Bonchev–Trinajstić information content (AvgIpc) is 2.30. The lowest BCUT2D eigenvalue weighted by atomic mass is 10.2. The molecule has 0 unspecified atom stereocenters. The number of piperazine rings is 1. The van der Waals surface area contributed by atoms with Crippen LogP contribution >= 0.6 is 0 Å². The standard InChI is InChI=1S/C11H19N3/c1-2-13-7-9-14(10-8-13)11-3-5-12-6-4-11/h3-5,12H,2,6-10H2,1H3. The van der Waals surface area contributed by atoms with E-state index in [1.54, 1.807) is 0 Å². The summed E-state index contributed by atoms with van der Waals surface area (Å²) in [5.41, 5.74) is 1.39. The number of likely N-dealkylation sites (N-methyl/N-ethyl adjacent to an activating group) is 1. The maximum Gasteiger partial charge on any atom is 0.0358 e. The molecule has 3 heteroatoms. The van der Waals surface area contributed by atoms with Gasteiger partial charge in [0, 0.05) is 38.4 Å². The van der Waals surface area contributed by atoms with E-state index in [1.165, 1.54) is 38.4 Å². The van der Waals surface area contributed by atoms with E-state index in [9.17, 15) is 0 Å². The number of hydrogen-bond donors (Lipinski definition) is 1. The summed E-state index contributed by atoms with van der Waals surface area (Å²) in [4.78, 5) is 4.98. The molecule has 2 aliphatic heterocycles. The van der Waals surface area contributed by atoms with E-state index in [2.05, 4.69) is 34.2 Å². The first kappa shape index (κ1) is 9.59. The summed E-state index contributed by atoms with van der Waals surface area (Å²) in [7, 11) is 0. The van der Waals surface area contributed by atoms with Crippen LogP contribution < -0.4 is 5.32 Å². The minimum absolute atomic E-state index is 0.972. The Morgan fingerprint density at radius 1 is 1.29 bits per heavy atom. The van der Waals surface area contributed by atoms with Crippen LogP contribution in [-0.2, 0) is 0 Å². The van der Waals surface area contributed by atoms with Crippen LogP contribution in [0.2, 0.25) is 0 Å². The Hall–Kier alpha value is -0.960. The van der Waals surface area contributed by atoms with E-state index >= 15 is 0 Å². The lowest BCUT2D eigenvalue weighted by Crippen LogP contribution is -2.45. The second-order valence-electron chi connectivity index (χ2n) is 3.79. The van der Waals surface area contributed by atoms with Crippen molar-refractivity contribution in [2.45, 2.75) is 6.92 Å². The zero-order valence-corrected chi connectivity index (χ0v) is 8.87. The molecule has 0 radical (unpaired) electrons. The molecule has 2 rings (SSSR count). The summed E-state index contributed by atoms with van der Waals surface area (Å²) in [6.45, 7) is 9.14. The van der Waals surface area contributed by atoms with Gasteiger partial charge in [0.05, 0.1) is 0 Å². The molecule has 1 saturated heterocycles. The van der Waals surface area contributed by atoms with Crippen LogP contribution in [0.25, 0.3) is 0 Å². The highest BCUT2D eigenvalue weighted by molar-refractivity contribution is 5.21. The van der Waals surface area contributed by atoms with Crippen molar-refractivity contribution in [3.05, 3.63) is 24.0 Å². The summed E-state index contributed by atoms with van der Waals surface area (Å²) in [5, 5.41) is 3.18. The van der Waals surface area contributed by atoms with Crippen molar-refractivity contribution in [2.24, 2.45) is 0 Å². The number of hydrogen-bond acceptors (Lipinski definition) is 3. The Labute approximate surface area is 86.1 Å². The highest BCUT2D eigenvalue weighted by Crippen LogP contribution is 2.11. The molecular weight excluding hydrogens is 174 g/mol. The highest BCUT2D eigenvalue weighted by atomic mass is 15.3. The quantitative estimate of drug-likeness (QED) is 0.694. The van der Waals surface area contributed by atoms with Crippen LogP contribution in [0.1, 0.15) is 6.92 Å². The second-order valence-corrected chi connectivity index (χ2v) is 3.79. The van der Waals surface area contributed by atoms with Crippen LogP contribution in [0.3, 0.4) is 0 Å². The molecule has 1 fully saturated rings. The molecule has 2 heterocycles. The van der Waals surface area contributed by atoms with Crippen LogP contribution in [0.5, 0.6) is 0 Å². The van der Waals surface area contributed by atoms with Crippen LogP contribution in [0, 0.1) is 0 Å². The van der Waals surface area contributed by atoms with E-state index in [4.69, 9.17) is 0 Å². The Morgan fingerprint density at radius 2 is 2.07 bits per heavy atom. The fourth-order valence-electron chi connectivity index (χ4n) is 2.00. The topological polar surface area (TPSA) is 18.5 Å². The third-order valence-corrected chi connectivity index (χ3v) is 2.99. The fraction of sp³-hybridized carbons (Fsp3) is 0.636. The summed E-state index contributed by atoms with van der Waals surface area (Å²) < 4.78 is 0. The molecule has 0 aromatic rings. The Kier molecular flexibility index (Phi) is 3.09. The maximum atomic E-state index is 3.18. The molecule has 0 spiro atoms. The minimum atomic E-state index is 0.972. The third kappa shape index (κ3) is 2.10. The molecule has 0 aliphatic carbocycles. The predicted molar refractivity (Wildman–Crippen MR) is 58.9 cm³/mol. The van der Waals surface area contributed by atoms with Gasteiger partial charge in [-0.05, 0) is 24.9 Å². The molecular formula is C11H19N3. The lowest BCUT2D eigenvalue weighted by molar-refractivity contribution is 0.168. The summed E-state index contributed by atoms with van der Waals surface area (Å²) >= 11 is 0. The summed E-state index contributed by atoms with van der Waals surface area (Å²) in [6, 6.07) is 0. The number of rotatable bonds is 2. The van der Waals surface area contributed by atoms with Crippen LogP contribution in [0.15, 0.2) is 24.0 Å². The van der Waals surface area contributed by atoms with Gasteiger partial charge in [-0.15, -0.1) is 0 Å². The van der Waals surface area contributed by atoms with Crippen molar-refractivity contribution >= 4 is 0 Å². The predicted octanol–water partition coefficient (Wildman–Crippen LogP) is 0.625. The Morgan fingerprint density at radius 3 is 2.64 bits per heavy atom. The van der Waals surface area contributed by atoms with Gasteiger partial charge in [-0.3, -0.25) is 0 Å². The molecule has 0 saturated carbocycles. The van der Waals surface area contributed by atoms with E-state index in [-0.39, 0.29) is 0 Å². The lowest BCUT2D eigenvalue weighted by Gasteiger charge is -2.36. The molecule has 2 aliphatic rings. The number of allylic oxidation sites excluding steroid dienone is 1. The second kappa shape index (κ2) is 4.51. The molecule has 0 bridgehead atoms. The van der Waals surface area contributed by atoms with Gasteiger partial charge in [0.15, 0.2) is 0 Å². The molecule has 0 aromatic heterocycles. The molecule has 0 amide bonds. The van der Waals surface area contributed by atoms with Gasteiger partial charge in [-0.25, -0.2) is 0 Å². The maximum absolute atomic E-state index is 3.18. The monoisotopic (exact) mass is 193 g/mol. The van der Waals surface area contributed by atoms with Crippen molar-refractivity contribution in [1.82, 2.24) is 15.1 Å². The summed E-state index contributed by atoms with van der Waals surface area (Å²) in [5.74, 6) is 0.